The van der Waals surface area contributed by atoms with Gasteiger partial charge < -0.3 is 19.9 Å². The van der Waals surface area contributed by atoms with Gasteiger partial charge in [-0.1, -0.05) is 11.8 Å². The summed E-state index contributed by atoms with van der Waals surface area (Å²) < 4.78 is 7.20. The number of ether oxygens (including phenoxy) is 1. The van der Waals surface area contributed by atoms with Crippen molar-refractivity contribution < 1.29 is 9.53 Å². The third-order valence-corrected chi connectivity index (χ3v) is 3.66. The van der Waals surface area contributed by atoms with E-state index in [1.54, 1.807) is 12.1 Å². The van der Waals surface area contributed by atoms with Gasteiger partial charge in [0, 0.05) is 12.7 Å². The number of nitrogens with one attached hydrogen (secondary N) is 2. The Morgan fingerprint density at radius 2 is 2.05 bits per heavy atom. The second-order valence-corrected chi connectivity index (χ2v) is 5.20. The fourth-order valence-corrected chi connectivity index (χ4v) is 2.31. The molecule has 0 atom stereocenters. The topological polar surface area (TPSA) is 81.1 Å². The lowest BCUT2D eigenvalue weighted by molar-refractivity contribution is 0.251. The molecule has 0 aliphatic rings. The van der Waals surface area contributed by atoms with Gasteiger partial charge in [-0.05, 0) is 37.4 Å². The molecular formula is C14H19N5O2S. The first-order chi connectivity index (χ1) is 10.6. The maximum atomic E-state index is 11.9. The minimum atomic E-state index is -0.294. The van der Waals surface area contributed by atoms with E-state index in [9.17, 15) is 4.79 Å². The third kappa shape index (κ3) is 4.14. The van der Waals surface area contributed by atoms with Crippen LogP contribution in [0.3, 0.4) is 0 Å². The van der Waals surface area contributed by atoms with E-state index in [1.807, 2.05) is 36.9 Å². The molecule has 8 heteroatoms. The van der Waals surface area contributed by atoms with Gasteiger partial charge in [0.1, 0.15) is 5.75 Å². The van der Waals surface area contributed by atoms with Crippen molar-refractivity contribution in [3.05, 3.63) is 30.1 Å². The lowest BCUT2D eigenvalue weighted by atomic mass is 10.3. The highest BCUT2D eigenvalue weighted by molar-refractivity contribution is 7.98. The SMILES string of the molecule is CCOc1ccc(NC(=O)NCc2nnc(SC)n2C)cc1. The van der Waals surface area contributed by atoms with Crippen LogP contribution in [0.5, 0.6) is 5.75 Å². The Hall–Kier alpha value is -2.22. The zero-order chi connectivity index (χ0) is 15.9. The molecule has 0 aliphatic heterocycles. The first-order valence-electron chi connectivity index (χ1n) is 6.84. The molecule has 22 heavy (non-hydrogen) atoms. The average Bonchev–Trinajstić information content (AvgIpc) is 2.88. The molecule has 0 fully saturated rings. The van der Waals surface area contributed by atoms with E-state index in [0.717, 1.165) is 10.9 Å². The van der Waals surface area contributed by atoms with E-state index in [2.05, 4.69) is 20.8 Å². The van der Waals surface area contributed by atoms with E-state index >= 15 is 0 Å². The lowest BCUT2D eigenvalue weighted by Crippen LogP contribution is -2.29. The van der Waals surface area contributed by atoms with Gasteiger partial charge in [0.05, 0.1) is 13.2 Å². The molecule has 0 spiro atoms. The van der Waals surface area contributed by atoms with Crippen molar-refractivity contribution in [1.29, 1.82) is 0 Å². The van der Waals surface area contributed by atoms with Crippen LogP contribution in [0, 0.1) is 0 Å². The van der Waals surface area contributed by atoms with Crippen molar-refractivity contribution in [1.82, 2.24) is 20.1 Å². The Balaban J connectivity index is 1.86. The standard InChI is InChI=1S/C14H19N5O2S/c1-4-21-11-7-5-10(6-8-11)16-13(20)15-9-12-17-18-14(22-3)19(12)2/h5-8H,4,9H2,1-3H3,(H2,15,16,20). The summed E-state index contributed by atoms with van der Waals surface area (Å²) in [6, 6.07) is 6.91. The minimum absolute atomic E-state index is 0.294. The third-order valence-electron chi connectivity index (χ3n) is 2.94. The minimum Gasteiger partial charge on any atom is -0.494 e. The summed E-state index contributed by atoms with van der Waals surface area (Å²) in [6.45, 7) is 2.85. The Bertz CT molecular complexity index is 627. The number of urea groups is 1. The van der Waals surface area contributed by atoms with Crippen molar-refractivity contribution in [3.8, 4) is 5.75 Å². The molecule has 0 aliphatic carbocycles. The molecule has 1 aromatic carbocycles. The van der Waals surface area contributed by atoms with E-state index in [0.29, 0.717) is 24.7 Å². The van der Waals surface area contributed by atoms with Crippen molar-refractivity contribution >= 4 is 23.5 Å². The molecule has 118 valence electrons. The van der Waals surface area contributed by atoms with Crippen LogP contribution in [0.15, 0.2) is 29.4 Å². The predicted molar refractivity (Wildman–Crippen MR) is 86.3 cm³/mol. The molecule has 1 aromatic heterocycles. The fourth-order valence-electron chi connectivity index (χ4n) is 1.81. The zero-order valence-corrected chi connectivity index (χ0v) is 13.6. The Morgan fingerprint density at radius 1 is 1.32 bits per heavy atom. The summed E-state index contributed by atoms with van der Waals surface area (Å²) >= 11 is 1.51. The summed E-state index contributed by atoms with van der Waals surface area (Å²) in [5.74, 6) is 1.48. The number of hydrogen-bond acceptors (Lipinski definition) is 5. The first-order valence-corrected chi connectivity index (χ1v) is 8.06. The van der Waals surface area contributed by atoms with Crippen molar-refractivity contribution in [2.24, 2.45) is 7.05 Å². The molecule has 0 bridgehead atoms. The highest BCUT2D eigenvalue weighted by atomic mass is 32.2. The molecule has 2 amide bonds. The normalized spacial score (nSPS) is 10.3. The quantitative estimate of drug-likeness (QED) is 0.798. The van der Waals surface area contributed by atoms with Gasteiger partial charge in [0.25, 0.3) is 0 Å². The number of amides is 2. The molecule has 0 radical (unpaired) electrons. The van der Waals surface area contributed by atoms with Crippen molar-refractivity contribution in [2.45, 2.75) is 18.6 Å². The summed E-state index contributed by atoms with van der Waals surface area (Å²) in [7, 11) is 1.87. The maximum Gasteiger partial charge on any atom is 0.319 e. The monoisotopic (exact) mass is 321 g/mol. The summed E-state index contributed by atoms with van der Waals surface area (Å²) in [4.78, 5) is 11.9. The zero-order valence-electron chi connectivity index (χ0n) is 12.8. The van der Waals surface area contributed by atoms with Crippen LogP contribution in [-0.4, -0.2) is 33.7 Å². The molecule has 2 rings (SSSR count). The van der Waals surface area contributed by atoms with Crippen molar-refractivity contribution in [3.63, 3.8) is 0 Å². The molecule has 2 aromatic rings. The summed E-state index contributed by atoms with van der Waals surface area (Å²) in [6.07, 6.45) is 1.93. The number of hydrogen-bond donors (Lipinski definition) is 2. The number of carbonyl (C=O) groups is 1. The van der Waals surface area contributed by atoms with Crippen LogP contribution in [0.2, 0.25) is 0 Å². The van der Waals surface area contributed by atoms with Crippen LogP contribution in [0.4, 0.5) is 10.5 Å². The van der Waals surface area contributed by atoms with Gasteiger partial charge in [0.15, 0.2) is 11.0 Å². The van der Waals surface area contributed by atoms with Crippen LogP contribution in [0.25, 0.3) is 0 Å². The Morgan fingerprint density at radius 3 is 2.64 bits per heavy atom. The molecule has 2 N–H and O–H groups in total. The smallest absolute Gasteiger partial charge is 0.319 e. The number of anilines is 1. The van der Waals surface area contributed by atoms with E-state index in [-0.39, 0.29) is 6.03 Å². The van der Waals surface area contributed by atoms with Crippen molar-refractivity contribution in [2.75, 3.05) is 18.2 Å². The van der Waals surface area contributed by atoms with E-state index in [1.165, 1.54) is 11.8 Å². The average molecular weight is 321 g/mol. The Kier molecular flexibility index (Phi) is 5.65. The largest absolute Gasteiger partial charge is 0.494 e. The molecule has 1 heterocycles. The molecule has 0 saturated heterocycles. The summed E-state index contributed by atoms with van der Waals surface area (Å²) in [5.41, 5.74) is 0.698. The molecule has 7 nitrogen and oxygen atoms in total. The number of rotatable bonds is 6. The molecule has 0 unspecified atom stereocenters. The van der Waals surface area contributed by atoms with Crippen LogP contribution < -0.4 is 15.4 Å². The second kappa shape index (κ2) is 7.69. The fraction of sp³-hybridized carbons (Fsp3) is 0.357. The highest BCUT2D eigenvalue weighted by Crippen LogP contribution is 2.15. The number of carbonyl (C=O) groups excluding carboxylic acids is 1. The van der Waals surface area contributed by atoms with Gasteiger partial charge in [-0.25, -0.2) is 4.79 Å². The highest BCUT2D eigenvalue weighted by Gasteiger charge is 2.09. The first kappa shape index (κ1) is 16.2. The number of benzene rings is 1. The van der Waals surface area contributed by atoms with E-state index < -0.39 is 0 Å². The number of thioether (sulfide) groups is 1. The number of nitrogens with zero attached hydrogens (tertiary/aromatic N) is 3. The van der Waals surface area contributed by atoms with Crippen LogP contribution in [-0.2, 0) is 13.6 Å². The maximum absolute atomic E-state index is 11.9. The predicted octanol–water partition coefficient (Wildman–Crippen LogP) is 2.26. The van der Waals surface area contributed by atoms with Gasteiger partial charge in [-0.3, -0.25) is 0 Å². The van der Waals surface area contributed by atoms with Crippen LogP contribution >= 0.6 is 11.8 Å². The van der Waals surface area contributed by atoms with Gasteiger partial charge in [0.2, 0.25) is 0 Å². The van der Waals surface area contributed by atoms with Gasteiger partial charge >= 0.3 is 6.03 Å². The van der Waals surface area contributed by atoms with Crippen LogP contribution in [0.1, 0.15) is 12.7 Å². The second-order valence-electron chi connectivity index (χ2n) is 4.43. The lowest BCUT2D eigenvalue weighted by Gasteiger charge is -2.08. The Labute approximate surface area is 133 Å². The van der Waals surface area contributed by atoms with E-state index in [4.69, 9.17) is 4.74 Å². The molecular weight excluding hydrogens is 302 g/mol. The summed E-state index contributed by atoms with van der Waals surface area (Å²) in [5, 5.41) is 14.4. The molecule has 0 saturated carbocycles. The van der Waals surface area contributed by atoms with Gasteiger partial charge in [-0.2, -0.15) is 0 Å². The number of aromatic nitrogens is 3. The van der Waals surface area contributed by atoms with Gasteiger partial charge in [-0.15, -0.1) is 10.2 Å².